The SMILES string of the molecule is CC(CCc1ccccn1)c1ccccn1. The summed E-state index contributed by atoms with van der Waals surface area (Å²) in [4.78, 5) is 8.69. The van der Waals surface area contributed by atoms with Crippen LogP contribution in [0.4, 0.5) is 0 Å². The summed E-state index contributed by atoms with van der Waals surface area (Å²) >= 11 is 0. The Balaban J connectivity index is 1.92. The smallest absolute Gasteiger partial charge is 0.0431 e. The van der Waals surface area contributed by atoms with Gasteiger partial charge in [-0.05, 0) is 43.0 Å². The van der Waals surface area contributed by atoms with Crippen molar-refractivity contribution >= 4 is 0 Å². The average Bonchev–Trinajstić information content (AvgIpc) is 2.38. The minimum atomic E-state index is 0.489. The Morgan fingerprint density at radius 3 is 2.38 bits per heavy atom. The lowest BCUT2D eigenvalue weighted by Crippen LogP contribution is -1.99. The Hall–Kier alpha value is -1.70. The Kier molecular flexibility index (Phi) is 3.65. The Morgan fingerprint density at radius 2 is 1.75 bits per heavy atom. The molecule has 0 saturated carbocycles. The van der Waals surface area contributed by atoms with Crippen LogP contribution in [0.15, 0.2) is 48.8 Å². The maximum Gasteiger partial charge on any atom is 0.0431 e. The molecular weight excluding hydrogens is 196 g/mol. The number of nitrogens with zero attached hydrogens (tertiary/aromatic N) is 2. The summed E-state index contributed by atoms with van der Waals surface area (Å²) in [5.74, 6) is 0.489. The molecule has 0 spiro atoms. The zero-order chi connectivity index (χ0) is 11.2. The van der Waals surface area contributed by atoms with Crippen LogP contribution >= 0.6 is 0 Å². The second-order valence-electron chi connectivity index (χ2n) is 4.02. The van der Waals surface area contributed by atoms with Crippen LogP contribution in [0.3, 0.4) is 0 Å². The van der Waals surface area contributed by atoms with Gasteiger partial charge in [-0.15, -0.1) is 0 Å². The molecule has 0 amide bonds. The maximum absolute atomic E-state index is 4.37. The second kappa shape index (κ2) is 5.40. The predicted octanol–water partition coefficient (Wildman–Crippen LogP) is 3.21. The van der Waals surface area contributed by atoms with Crippen LogP contribution in [0.2, 0.25) is 0 Å². The molecule has 2 rings (SSSR count). The third-order valence-electron chi connectivity index (χ3n) is 2.75. The zero-order valence-electron chi connectivity index (χ0n) is 9.50. The highest BCUT2D eigenvalue weighted by Crippen LogP contribution is 2.17. The molecule has 2 aromatic heterocycles. The van der Waals surface area contributed by atoms with Crippen molar-refractivity contribution in [3.8, 4) is 0 Å². The van der Waals surface area contributed by atoms with Gasteiger partial charge in [-0.3, -0.25) is 9.97 Å². The first-order valence-corrected chi connectivity index (χ1v) is 5.67. The molecule has 0 aromatic carbocycles. The minimum absolute atomic E-state index is 0.489. The van der Waals surface area contributed by atoms with Crippen molar-refractivity contribution in [2.24, 2.45) is 0 Å². The van der Waals surface area contributed by atoms with Gasteiger partial charge in [0.2, 0.25) is 0 Å². The highest BCUT2D eigenvalue weighted by Gasteiger charge is 2.06. The molecule has 2 heterocycles. The van der Waals surface area contributed by atoms with Crippen LogP contribution in [0.1, 0.15) is 30.7 Å². The fourth-order valence-electron chi connectivity index (χ4n) is 1.73. The van der Waals surface area contributed by atoms with Gasteiger partial charge in [0.1, 0.15) is 0 Å². The van der Waals surface area contributed by atoms with Crippen LogP contribution in [0, 0.1) is 0 Å². The highest BCUT2D eigenvalue weighted by molar-refractivity contribution is 5.10. The largest absolute Gasteiger partial charge is 0.261 e. The Bertz CT molecular complexity index is 411. The molecule has 1 unspecified atom stereocenters. The number of rotatable bonds is 4. The number of hydrogen-bond donors (Lipinski definition) is 0. The fraction of sp³-hybridized carbons (Fsp3) is 0.286. The van der Waals surface area contributed by atoms with E-state index in [0.29, 0.717) is 5.92 Å². The molecule has 16 heavy (non-hydrogen) atoms. The molecule has 82 valence electrons. The summed E-state index contributed by atoms with van der Waals surface area (Å²) in [6.45, 7) is 2.21. The van der Waals surface area contributed by atoms with E-state index in [1.165, 1.54) is 5.69 Å². The summed E-state index contributed by atoms with van der Waals surface area (Å²) in [5.41, 5.74) is 2.32. The Morgan fingerprint density at radius 1 is 1.00 bits per heavy atom. The lowest BCUT2D eigenvalue weighted by atomic mass is 10.00. The van der Waals surface area contributed by atoms with Crippen molar-refractivity contribution in [3.05, 3.63) is 60.2 Å². The molecule has 2 aromatic rings. The van der Waals surface area contributed by atoms with Gasteiger partial charge in [-0.1, -0.05) is 19.1 Å². The van der Waals surface area contributed by atoms with E-state index in [-0.39, 0.29) is 0 Å². The van der Waals surface area contributed by atoms with E-state index < -0.39 is 0 Å². The first-order valence-electron chi connectivity index (χ1n) is 5.67. The first-order chi connectivity index (χ1) is 7.86. The number of aromatic nitrogens is 2. The molecule has 2 heteroatoms. The van der Waals surface area contributed by atoms with Crippen LogP contribution in [0.5, 0.6) is 0 Å². The van der Waals surface area contributed by atoms with E-state index in [9.17, 15) is 0 Å². The van der Waals surface area contributed by atoms with Gasteiger partial charge in [0.05, 0.1) is 0 Å². The van der Waals surface area contributed by atoms with Gasteiger partial charge in [0, 0.05) is 23.8 Å². The number of aryl methyl sites for hydroxylation is 1. The summed E-state index contributed by atoms with van der Waals surface area (Å²) in [6.07, 6.45) is 5.81. The lowest BCUT2D eigenvalue weighted by Gasteiger charge is -2.09. The van der Waals surface area contributed by atoms with Gasteiger partial charge in [0.15, 0.2) is 0 Å². The third kappa shape index (κ3) is 2.89. The van der Waals surface area contributed by atoms with Crippen molar-refractivity contribution in [2.75, 3.05) is 0 Å². The van der Waals surface area contributed by atoms with Crippen molar-refractivity contribution in [1.29, 1.82) is 0 Å². The number of pyridine rings is 2. The van der Waals surface area contributed by atoms with Crippen LogP contribution in [-0.2, 0) is 6.42 Å². The quantitative estimate of drug-likeness (QED) is 0.777. The molecule has 2 nitrogen and oxygen atoms in total. The standard InChI is InChI=1S/C14H16N2/c1-12(14-7-3-5-11-16-14)8-9-13-6-2-4-10-15-13/h2-7,10-12H,8-9H2,1H3. The first kappa shape index (κ1) is 10.8. The topological polar surface area (TPSA) is 25.8 Å². The number of hydrogen-bond acceptors (Lipinski definition) is 2. The van der Waals surface area contributed by atoms with E-state index in [4.69, 9.17) is 0 Å². The molecule has 0 aliphatic heterocycles. The summed E-state index contributed by atoms with van der Waals surface area (Å²) < 4.78 is 0. The van der Waals surface area contributed by atoms with Crippen LogP contribution < -0.4 is 0 Å². The summed E-state index contributed by atoms with van der Waals surface area (Å²) in [5, 5.41) is 0. The maximum atomic E-state index is 4.37. The molecular formula is C14H16N2. The Labute approximate surface area is 96.4 Å². The molecule has 0 N–H and O–H groups in total. The van der Waals surface area contributed by atoms with Gasteiger partial charge < -0.3 is 0 Å². The van der Waals surface area contributed by atoms with Crippen LogP contribution in [-0.4, -0.2) is 9.97 Å². The van der Waals surface area contributed by atoms with E-state index in [0.717, 1.165) is 18.5 Å². The third-order valence-corrected chi connectivity index (χ3v) is 2.75. The molecule has 0 fully saturated rings. The average molecular weight is 212 g/mol. The van der Waals surface area contributed by atoms with E-state index in [1.807, 2.05) is 36.7 Å². The molecule has 0 radical (unpaired) electrons. The van der Waals surface area contributed by atoms with Crippen LogP contribution in [0.25, 0.3) is 0 Å². The van der Waals surface area contributed by atoms with Gasteiger partial charge >= 0.3 is 0 Å². The fourth-order valence-corrected chi connectivity index (χ4v) is 1.73. The minimum Gasteiger partial charge on any atom is -0.261 e. The normalized spacial score (nSPS) is 12.3. The van der Waals surface area contributed by atoms with Gasteiger partial charge in [0.25, 0.3) is 0 Å². The predicted molar refractivity (Wildman–Crippen MR) is 65.2 cm³/mol. The van der Waals surface area contributed by atoms with E-state index in [2.05, 4.69) is 29.0 Å². The molecule has 0 saturated heterocycles. The molecule has 1 atom stereocenters. The molecule has 0 aliphatic rings. The monoisotopic (exact) mass is 212 g/mol. The zero-order valence-corrected chi connectivity index (χ0v) is 9.50. The van der Waals surface area contributed by atoms with Gasteiger partial charge in [-0.25, -0.2) is 0 Å². The molecule has 0 aliphatic carbocycles. The lowest BCUT2D eigenvalue weighted by molar-refractivity contribution is 0.653. The van der Waals surface area contributed by atoms with E-state index in [1.54, 1.807) is 0 Å². The summed E-state index contributed by atoms with van der Waals surface area (Å²) in [7, 11) is 0. The van der Waals surface area contributed by atoms with Gasteiger partial charge in [-0.2, -0.15) is 0 Å². The molecule has 0 bridgehead atoms. The van der Waals surface area contributed by atoms with E-state index >= 15 is 0 Å². The highest BCUT2D eigenvalue weighted by atomic mass is 14.7. The second-order valence-corrected chi connectivity index (χ2v) is 4.02. The van der Waals surface area contributed by atoms with Crippen molar-refractivity contribution in [1.82, 2.24) is 9.97 Å². The van der Waals surface area contributed by atoms with Crippen molar-refractivity contribution in [2.45, 2.75) is 25.7 Å². The summed E-state index contributed by atoms with van der Waals surface area (Å²) in [6, 6.07) is 12.1. The van der Waals surface area contributed by atoms with Crippen molar-refractivity contribution in [3.63, 3.8) is 0 Å². The van der Waals surface area contributed by atoms with Crippen molar-refractivity contribution < 1.29 is 0 Å².